The van der Waals surface area contributed by atoms with Gasteiger partial charge in [0.25, 0.3) is 0 Å². The van der Waals surface area contributed by atoms with Crippen LogP contribution in [-0.2, 0) is 0 Å². The highest BCUT2D eigenvalue weighted by molar-refractivity contribution is 5.32. The first-order valence-corrected chi connectivity index (χ1v) is 14.3. The molecule has 3 heteroatoms. The van der Waals surface area contributed by atoms with Gasteiger partial charge in [0, 0.05) is 0 Å². The van der Waals surface area contributed by atoms with Crippen molar-refractivity contribution in [2.45, 2.75) is 110 Å². The zero-order chi connectivity index (χ0) is 24.8. The lowest BCUT2D eigenvalue weighted by Gasteiger charge is -2.59. The smallest absolute Gasteiger partial charge is 0.0991 e. The first-order chi connectivity index (χ1) is 16.7. The fourth-order valence-corrected chi connectivity index (χ4v) is 9.10. The van der Waals surface area contributed by atoms with Crippen LogP contribution in [0.4, 0.5) is 0 Å². The molecule has 0 spiro atoms. The predicted octanol–water partition coefficient (Wildman–Crippen LogP) is 7.48. The van der Waals surface area contributed by atoms with Gasteiger partial charge >= 0.3 is 0 Å². The normalized spacial score (nSPS) is 41.2. The highest BCUT2D eigenvalue weighted by Gasteiger charge is 2.59. The third kappa shape index (κ3) is 4.30. The maximum atomic E-state index is 11.0. The third-order valence-corrected chi connectivity index (χ3v) is 11.6. The molecule has 0 heterocycles. The van der Waals surface area contributed by atoms with Crippen molar-refractivity contribution in [1.29, 1.82) is 5.26 Å². The molecule has 3 saturated carbocycles. The fourth-order valence-electron chi connectivity index (χ4n) is 9.10. The molecule has 0 aliphatic heterocycles. The van der Waals surface area contributed by atoms with E-state index in [0.717, 1.165) is 67.8 Å². The number of hydrogen-bond acceptors (Lipinski definition) is 3. The third-order valence-electron chi connectivity index (χ3n) is 11.6. The second-order valence-electron chi connectivity index (χ2n) is 13.0. The monoisotopic (exact) mass is 475 g/mol. The first kappa shape index (κ1) is 25.0. The fraction of sp³-hybridized carbons (Fsp3) is 0.719. The maximum absolute atomic E-state index is 11.0. The first-order valence-electron chi connectivity index (χ1n) is 14.3. The molecule has 4 aliphatic rings. The van der Waals surface area contributed by atoms with Crippen LogP contribution in [0.15, 0.2) is 35.9 Å². The van der Waals surface area contributed by atoms with Gasteiger partial charge in [-0.05, 0) is 123 Å². The van der Waals surface area contributed by atoms with Crippen molar-refractivity contribution in [3.05, 3.63) is 47.0 Å². The molecule has 35 heavy (non-hydrogen) atoms. The zero-order valence-electron chi connectivity index (χ0n) is 22.1. The Morgan fingerprint density at radius 1 is 1.06 bits per heavy atom. The van der Waals surface area contributed by atoms with Crippen LogP contribution < -0.4 is 0 Å². The number of rotatable bonds is 6. The van der Waals surface area contributed by atoms with Crippen LogP contribution in [0.25, 0.3) is 0 Å². The number of allylic oxidation sites excluding steroid dienone is 1. The van der Waals surface area contributed by atoms with E-state index < -0.39 is 11.7 Å². The topological polar surface area (TPSA) is 64.2 Å². The van der Waals surface area contributed by atoms with Gasteiger partial charge in [0.2, 0.25) is 0 Å². The molecule has 3 fully saturated rings. The van der Waals surface area contributed by atoms with Crippen molar-refractivity contribution in [1.82, 2.24) is 0 Å². The van der Waals surface area contributed by atoms with Gasteiger partial charge in [-0.25, -0.2) is 0 Å². The van der Waals surface area contributed by atoms with E-state index in [9.17, 15) is 10.2 Å². The van der Waals surface area contributed by atoms with Crippen molar-refractivity contribution < 1.29 is 10.2 Å². The minimum Gasteiger partial charge on any atom is -0.390 e. The minimum absolute atomic E-state index is 0.301. The van der Waals surface area contributed by atoms with Crippen molar-refractivity contribution in [2.75, 3.05) is 0 Å². The van der Waals surface area contributed by atoms with Gasteiger partial charge in [-0.15, -0.1) is 0 Å². The molecule has 4 aliphatic carbocycles. The van der Waals surface area contributed by atoms with Gasteiger partial charge in [-0.3, -0.25) is 0 Å². The molecule has 190 valence electrons. The maximum Gasteiger partial charge on any atom is 0.0991 e. The predicted molar refractivity (Wildman–Crippen MR) is 140 cm³/mol. The summed E-state index contributed by atoms with van der Waals surface area (Å²) in [6.45, 7) is 7.27. The van der Waals surface area contributed by atoms with E-state index in [1.807, 2.05) is 12.1 Å². The van der Waals surface area contributed by atoms with Gasteiger partial charge in [0.15, 0.2) is 0 Å². The largest absolute Gasteiger partial charge is 0.390 e. The van der Waals surface area contributed by atoms with Gasteiger partial charge in [0.05, 0.1) is 23.3 Å². The lowest BCUT2D eigenvalue weighted by atomic mass is 9.46. The SMILES string of the molecule is CC[C@]1(O)CCC2(C)C(=CCC3C2CCC2(C)C3CC[C@@H]2CCCC(O)c2ccc(C#N)cc2)C1. The van der Waals surface area contributed by atoms with E-state index in [1.165, 1.54) is 38.5 Å². The molecule has 2 N–H and O–H groups in total. The lowest BCUT2D eigenvalue weighted by Crippen LogP contribution is -2.52. The standard InChI is InChI=1S/C32H45NO2/c1-4-32(35)19-18-31(3)25(20-32)12-14-26-27-15-13-24(30(27,2)17-16-28(26)31)6-5-7-29(34)23-10-8-22(21-33)9-11-23/h8-12,24,26-29,34-35H,4-7,13-20H2,1-3H3/t24-,26?,27?,28?,29?,30?,31?,32-/m0/s1. The average molecular weight is 476 g/mol. The molecule has 3 nitrogen and oxygen atoms in total. The number of benzene rings is 1. The van der Waals surface area contributed by atoms with Crippen LogP contribution in [0.3, 0.4) is 0 Å². The summed E-state index contributed by atoms with van der Waals surface area (Å²) in [5.41, 5.74) is 3.43. The number of hydrogen-bond donors (Lipinski definition) is 2. The molecule has 6 unspecified atom stereocenters. The minimum atomic E-state index is -0.470. The lowest BCUT2D eigenvalue weighted by molar-refractivity contribution is -0.0718. The van der Waals surface area contributed by atoms with E-state index in [0.29, 0.717) is 16.4 Å². The van der Waals surface area contributed by atoms with Crippen LogP contribution >= 0.6 is 0 Å². The highest BCUT2D eigenvalue weighted by Crippen LogP contribution is 2.67. The Bertz CT molecular complexity index is 992. The second-order valence-corrected chi connectivity index (χ2v) is 13.0. The summed E-state index contributed by atoms with van der Waals surface area (Å²) in [4.78, 5) is 0. The van der Waals surface area contributed by atoms with Crippen LogP contribution in [0.2, 0.25) is 0 Å². The number of aliphatic hydroxyl groups excluding tert-OH is 1. The molecule has 0 bridgehead atoms. The molecule has 0 amide bonds. The summed E-state index contributed by atoms with van der Waals surface area (Å²) in [6, 6.07) is 9.56. The van der Waals surface area contributed by atoms with Crippen LogP contribution in [-0.4, -0.2) is 15.8 Å². The molecular weight excluding hydrogens is 430 g/mol. The summed E-state index contributed by atoms with van der Waals surface area (Å²) in [7, 11) is 0. The van der Waals surface area contributed by atoms with Crippen LogP contribution in [0, 0.1) is 45.8 Å². The quantitative estimate of drug-likeness (QED) is 0.419. The Kier molecular flexibility index (Phi) is 6.69. The number of nitrogens with zero attached hydrogens (tertiary/aromatic N) is 1. The average Bonchev–Trinajstić information content (AvgIpc) is 3.21. The number of aliphatic hydroxyl groups is 2. The Labute approximate surface area is 212 Å². The Morgan fingerprint density at radius 2 is 1.83 bits per heavy atom. The van der Waals surface area contributed by atoms with Crippen LogP contribution in [0.1, 0.15) is 115 Å². The highest BCUT2D eigenvalue weighted by atomic mass is 16.3. The summed E-state index contributed by atoms with van der Waals surface area (Å²) < 4.78 is 0. The molecule has 5 rings (SSSR count). The number of fused-ring (bicyclic) bond motifs is 5. The zero-order valence-corrected chi connectivity index (χ0v) is 22.1. The van der Waals surface area contributed by atoms with Crippen LogP contribution in [0.5, 0.6) is 0 Å². The van der Waals surface area contributed by atoms with E-state index in [-0.39, 0.29) is 0 Å². The summed E-state index contributed by atoms with van der Waals surface area (Å²) in [5, 5.41) is 30.7. The Morgan fingerprint density at radius 3 is 2.54 bits per heavy atom. The molecule has 0 aromatic heterocycles. The van der Waals surface area contributed by atoms with E-state index in [2.05, 4.69) is 32.9 Å². The molecule has 0 radical (unpaired) electrons. The molecule has 1 aromatic carbocycles. The molecular formula is C32H45NO2. The van der Waals surface area contributed by atoms with Gasteiger partial charge in [0.1, 0.15) is 0 Å². The van der Waals surface area contributed by atoms with Crippen molar-refractivity contribution in [3.8, 4) is 6.07 Å². The molecule has 0 saturated heterocycles. The number of nitriles is 1. The molecule has 8 atom stereocenters. The van der Waals surface area contributed by atoms with E-state index in [4.69, 9.17) is 5.26 Å². The molecule has 1 aromatic rings. The summed E-state index contributed by atoms with van der Waals surface area (Å²) in [5.74, 6) is 3.20. The Balaban J connectivity index is 1.22. The van der Waals surface area contributed by atoms with Gasteiger partial charge in [-0.1, -0.05) is 51.0 Å². The Hall–Kier alpha value is -1.63. The summed E-state index contributed by atoms with van der Waals surface area (Å²) >= 11 is 0. The summed E-state index contributed by atoms with van der Waals surface area (Å²) in [6.07, 6.45) is 15.8. The van der Waals surface area contributed by atoms with Crippen molar-refractivity contribution in [3.63, 3.8) is 0 Å². The second kappa shape index (κ2) is 9.35. The van der Waals surface area contributed by atoms with Gasteiger partial charge in [-0.2, -0.15) is 5.26 Å². The van der Waals surface area contributed by atoms with Gasteiger partial charge < -0.3 is 10.2 Å². The van der Waals surface area contributed by atoms with Crippen molar-refractivity contribution in [2.24, 2.45) is 34.5 Å². The van der Waals surface area contributed by atoms with E-state index in [1.54, 1.807) is 17.7 Å². The van der Waals surface area contributed by atoms with Crippen molar-refractivity contribution >= 4 is 0 Å². The van der Waals surface area contributed by atoms with E-state index >= 15 is 0 Å².